The highest BCUT2D eigenvalue weighted by Crippen LogP contribution is 2.32. The van der Waals surface area contributed by atoms with E-state index in [4.69, 9.17) is 10.5 Å². The van der Waals surface area contributed by atoms with Crippen LogP contribution >= 0.6 is 0 Å². The summed E-state index contributed by atoms with van der Waals surface area (Å²) in [4.78, 5) is 14.4. The van der Waals surface area contributed by atoms with E-state index < -0.39 is 5.54 Å². The minimum absolute atomic E-state index is 0.0347. The first-order valence-corrected chi connectivity index (χ1v) is 7.99. The summed E-state index contributed by atoms with van der Waals surface area (Å²) in [6.45, 7) is 6.66. The molecule has 1 atom stereocenters. The zero-order valence-corrected chi connectivity index (χ0v) is 13.8. The second-order valence-electron chi connectivity index (χ2n) is 5.88. The highest BCUT2D eigenvalue weighted by molar-refractivity contribution is 5.89. The number of likely N-dealkylation sites (N-methyl/N-ethyl adjacent to an activating group) is 1. The Morgan fingerprint density at radius 1 is 1.41 bits per heavy atom. The van der Waals surface area contributed by atoms with Crippen molar-refractivity contribution in [2.75, 3.05) is 26.7 Å². The number of amides is 1. The van der Waals surface area contributed by atoms with Crippen molar-refractivity contribution in [3.63, 3.8) is 0 Å². The Labute approximate surface area is 132 Å². The molecule has 1 aliphatic carbocycles. The van der Waals surface area contributed by atoms with Crippen molar-refractivity contribution in [2.24, 2.45) is 5.73 Å². The van der Waals surface area contributed by atoms with Crippen LogP contribution in [0.15, 0.2) is 24.3 Å². The summed E-state index contributed by atoms with van der Waals surface area (Å²) in [6.07, 6.45) is 1.57. The van der Waals surface area contributed by atoms with Gasteiger partial charge in [0.25, 0.3) is 0 Å². The molecule has 122 valence electrons. The van der Waals surface area contributed by atoms with Crippen molar-refractivity contribution in [3.8, 4) is 5.75 Å². The van der Waals surface area contributed by atoms with Crippen LogP contribution in [-0.4, -0.2) is 43.1 Å². The standard InChI is InChI=1S/C17H27N3O2/c1-4-20(5-2)15(12-19-16(21)17(18)9-10-17)13-7-6-8-14(11-13)22-3/h6-8,11,15H,4-5,9-10,12,18H2,1-3H3,(H,19,21). The lowest BCUT2D eigenvalue weighted by Crippen LogP contribution is -2.46. The fourth-order valence-electron chi connectivity index (χ4n) is 2.70. The van der Waals surface area contributed by atoms with Crippen molar-refractivity contribution in [2.45, 2.75) is 38.3 Å². The van der Waals surface area contributed by atoms with Crippen molar-refractivity contribution < 1.29 is 9.53 Å². The van der Waals surface area contributed by atoms with Gasteiger partial charge in [0.05, 0.1) is 18.7 Å². The summed E-state index contributed by atoms with van der Waals surface area (Å²) in [5.74, 6) is 0.797. The Hall–Kier alpha value is -1.59. The molecular weight excluding hydrogens is 278 g/mol. The van der Waals surface area contributed by atoms with Gasteiger partial charge in [0.15, 0.2) is 0 Å². The molecule has 0 aromatic heterocycles. The first-order valence-electron chi connectivity index (χ1n) is 7.99. The second kappa shape index (κ2) is 7.11. The Morgan fingerprint density at radius 3 is 2.64 bits per heavy atom. The second-order valence-corrected chi connectivity index (χ2v) is 5.88. The van der Waals surface area contributed by atoms with E-state index in [2.05, 4.69) is 30.1 Å². The normalized spacial score (nSPS) is 17.1. The highest BCUT2D eigenvalue weighted by Gasteiger charge is 2.45. The molecule has 0 saturated heterocycles. The molecule has 1 unspecified atom stereocenters. The van der Waals surface area contributed by atoms with Crippen molar-refractivity contribution in [1.82, 2.24) is 10.2 Å². The molecule has 2 rings (SSSR count). The quantitative estimate of drug-likeness (QED) is 0.767. The molecule has 0 heterocycles. The monoisotopic (exact) mass is 305 g/mol. The molecule has 1 fully saturated rings. The van der Waals surface area contributed by atoms with Gasteiger partial charge in [-0.25, -0.2) is 0 Å². The summed E-state index contributed by atoms with van der Waals surface area (Å²) < 4.78 is 5.32. The van der Waals surface area contributed by atoms with Gasteiger partial charge in [-0.3, -0.25) is 9.69 Å². The Kier molecular flexibility index (Phi) is 5.42. The number of methoxy groups -OCH3 is 1. The minimum atomic E-state index is -0.623. The third kappa shape index (κ3) is 3.78. The first kappa shape index (κ1) is 16.8. The molecule has 1 aromatic rings. The van der Waals surface area contributed by atoms with Crippen molar-refractivity contribution in [1.29, 1.82) is 0 Å². The fraction of sp³-hybridized carbons (Fsp3) is 0.588. The van der Waals surface area contributed by atoms with Gasteiger partial charge < -0.3 is 15.8 Å². The summed E-state index contributed by atoms with van der Waals surface area (Å²) in [6, 6.07) is 8.15. The number of rotatable bonds is 8. The molecule has 22 heavy (non-hydrogen) atoms. The maximum Gasteiger partial charge on any atom is 0.240 e. The minimum Gasteiger partial charge on any atom is -0.497 e. The average molecular weight is 305 g/mol. The first-order chi connectivity index (χ1) is 10.5. The van der Waals surface area contributed by atoms with Crippen LogP contribution < -0.4 is 15.8 Å². The van der Waals surface area contributed by atoms with Crippen LogP contribution in [0.3, 0.4) is 0 Å². The molecule has 1 aromatic carbocycles. The number of nitrogens with two attached hydrogens (primary N) is 1. The van der Waals surface area contributed by atoms with Gasteiger partial charge in [0.1, 0.15) is 5.75 Å². The predicted octanol–water partition coefficient (Wildman–Crippen LogP) is 1.69. The molecule has 0 spiro atoms. The molecule has 0 aliphatic heterocycles. The largest absolute Gasteiger partial charge is 0.497 e. The number of carbonyl (C=O) groups excluding carboxylic acids is 1. The predicted molar refractivity (Wildman–Crippen MR) is 87.8 cm³/mol. The topological polar surface area (TPSA) is 67.6 Å². The van der Waals surface area contributed by atoms with E-state index >= 15 is 0 Å². The number of hydrogen-bond donors (Lipinski definition) is 2. The molecule has 0 radical (unpaired) electrons. The fourth-order valence-corrected chi connectivity index (χ4v) is 2.70. The van der Waals surface area contributed by atoms with Crippen LogP contribution in [0.5, 0.6) is 5.75 Å². The summed E-state index contributed by atoms with van der Waals surface area (Å²) in [7, 11) is 1.67. The van der Waals surface area contributed by atoms with Gasteiger partial charge in [-0.2, -0.15) is 0 Å². The number of nitrogens with one attached hydrogen (secondary N) is 1. The Morgan fingerprint density at radius 2 is 2.09 bits per heavy atom. The van der Waals surface area contributed by atoms with Crippen LogP contribution in [0.25, 0.3) is 0 Å². The van der Waals surface area contributed by atoms with E-state index in [1.54, 1.807) is 7.11 Å². The van der Waals surface area contributed by atoms with Gasteiger partial charge in [0.2, 0.25) is 5.91 Å². The molecule has 5 heteroatoms. The summed E-state index contributed by atoms with van der Waals surface area (Å²) >= 11 is 0. The van der Waals surface area contributed by atoms with Gasteiger partial charge >= 0.3 is 0 Å². The van der Waals surface area contributed by atoms with Crippen molar-refractivity contribution in [3.05, 3.63) is 29.8 Å². The highest BCUT2D eigenvalue weighted by atomic mass is 16.5. The van der Waals surface area contributed by atoms with Gasteiger partial charge in [-0.15, -0.1) is 0 Å². The zero-order chi connectivity index (χ0) is 16.2. The molecule has 5 nitrogen and oxygen atoms in total. The van der Waals surface area contributed by atoms with Crippen LogP contribution in [0.1, 0.15) is 38.3 Å². The van der Waals surface area contributed by atoms with E-state index in [-0.39, 0.29) is 11.9 Å². The lowest BCUT2D eigenvalue weighted by molar-refractivity contribution is -0.123. The van der Waals surface area contributed by atoms with E-state index in [0.717, 1.165) is 37.2 Å². The van der Waals surface area contributed by atoms with E-state index in [0.29, 0.717) is 6.54 Å². The SMILES string of the molecule is CCN(CC)C(CNC(=O)C1(N)CC1)c1cccc(OC)c1. The van der Waals surface area contributed by atoms with Crippen LogP contribution in [0, 0.1) is 0 Å². The Bertz CT molecular complexity index is 510. The van der Waals surface area contributed by atoms with E-state index in [1.165, 1.54) is 0 Å². The van der Waals surface area contributed by atoms with Crippen LogP contribution in [0.4, 0.5) is 0 Å². The van der Waals surface area contributed by atoms with Crippen molar-refractivity contribution >= 4 is 5.91 Å². The number of ether oxygens (including phenoxy) is 1. The lowest BCUT2D eigenvalue weighted by Gasteiger charge is -2.30. The average Bonchev–Trinajstić information content (AvgIpc) is 3.30. The van der Waals surface area contributed by atoms with Crippen LogP contribution in [-0.2, 0) is 4.79 Å². The number of carbonyl (C=O) groups is 1. The third-order valence-electron chi connectivity index (χ3n) is 4.43. The molecule has 1 saturated carbocycles. The zero-order valence-electron chi connectivity index (χ0n) is 13.8. The summed E-state index contributed by atoms with van der Waals surface area (Å²) in [5.41, 5.74) is 6.48. The number of hydrogen-bond acceptors (Lipinski definition) is 4. The maximum atomic E-state index is 12.1. The summed E-state index contributed by atoms with van der Waals surface area (Å²) in [5, 5.41) is 3.02. The van der Waals surface area contributed by atoms with Gasteiger partial charge in [-0.1, -0.05) is 26.0 Å². The molecular formula is C17H27N3O2. The van der Waals surface area contributed by atoms with E-state index in [9.17, 15) is 4.79 Å². The number of nitrogens with zero attached hydrogens (tertiary/aromatic N) is 1. The van der Waals surface area contributed by atoms with Gasteiger partial charge in [-0.05, 0) is 43.6 Å². The molecule has 3 N–H and O–H groups in total. The van der Waals surface area contributed by atoms with Gasteiger partial charge in [0, 0.05) is 6.54 Å². The van der Waals surface area contributed by atoms with Crippen LogP contribution in [0.2, 0.25) is 0 Å². The molecule has 1 amide bonds. The molecule has 1 aliphatic rings. The maximum absolute atomic E-state index is 12.1. The lowest BCUT2D eigenvalue weighted by atomic mass is 10.0. The Balaban J connectivity index is 2.12. The van der Waals surface area contributed by atoms with E-state index in [1.807, 2.05) is 18.2 Å². The molecule has 0 bridgehead atoms. The smallest absolute Gasteiger partial charge is 0.240 e. The number of benzene rings is 1. The third-order valence-corrected chi connectivity index (χ3v) is 4.43.